The van der Waals surface area contributed by atoms with Crippen LogP contribution in [0.2, 0.25) is 0 Å². The second-order valence-electron chi connectivity index (χ2n) is 7.30. The maximum absolute atomic E-state index is 13.4. The highest BCUT2D eigenvalue weighted by molar-refractivity contribution is 7.81. The Balaban J connectivity index is 2.08. The van der Waals surface area contributed by atoms with Crippen LogP contribution in [-0.2, 0) is 6.18 Å². The number of nitrogens with zero attached hydrogens (tertiary/aromatic N) is 1. The largest absolute Gasteiger partial charge is 0.867 e. The Labute approximate surface area is 184 Å². The number of thiocarbonyl (C=S) groups is 1. The second kappa shape index (κ2) is 8.89. The maximum atomic E-state index is 13.4. The summed E-state index contributed by atoms with van der Waals surface area (Å²) < 4.78 is 40.8. The first-order chi connectivity index (χ1) is 14.6. The summed E-state index contributed by atoms with van der Waals surface area (Å²) in [6.07, 6.45) is -1.05. The molecule has 0 amide bonds. The molecule has 31 heavy (non-hydrogen) atoms. The third kappa shape index (κ3) is 5.30. The first-order valence-corrected chi connectivity index (χ1v) is 9.93. The highest BCUT2D eigenvalue weighted by Crippen LogP contribution is 2.31. The SMILES string of the molecule is Cc1ccc[n+](C(C(=S)Nc2cccc(C(F)(F)F)c2)=C([O-])c2ccc(C)c(C)c2)c1. The smallest absolute Gasteiger partial charge is 0.416 e. The number of aromatic nitrogens is 1. The van der Waals surface area contributed by atoms with E-state index in [1.807, 2.05) is 32.9 Å². The molecule has 1 aromatic heterocycles. The molecule has 0 bridgehead atoms. The zero-order chi connectivity index (χ0) is 22.8. The summed E-state index contributed by atoms with van der Waals surface area (Å²) in [6, 6.07) is 13.7. The number of anilines is 1. The quantitative estimate of drug-likeness (QED) is 0.266. The number of nitrogens with one attached hydrogen (secondary N) is 1. The van der Waals surface area contributed by atoms with Crippen molar-refractivity contribution in [2.45, 2.75) is 26.9 Å². The number of hydrogen-bond donors (Lipinski definition) is 1. The fourth-order valence-electron chi connectivity index (χ4n) is 3.05. The summed E-state index contributed by atoms with van der Waals surface area (Å²) in [4.78, 5) is 0.0261. The van der Waals surface area contributed by atoms with Gasteiger partial charge in [0.05, 0.1) is 5.56 Å². The number of benzene rings is 2. The topological polar surface area (TPSA) is 39.0 Å². The van der Waals surface area contributed by atoms with Crippen molar-refractivity contribution in [1.82, 2.24) is 0 Å². The third-order valence-corrected chi connectivity index (χ3v) is 5.15. The Kier molecular flexibility index (Phi) is 6.45. The van der Waals surface area contributed by atoms with Crippen molar-refractivity contribution in [2.24, 2.45) is 0 Å². The van der Waals surface area contributed by atoms with Crippen LogP contribution in [0, 0.1) is 20.8 Å². The number of pyridine rings is 1. The van der Waals surface area contributed by atoms with Gasteiger partial charge in [-0.3, -0.25) is 0 Å². The second-order valence-corrected chi connectivity index (χ2v) is 7.71. The van der Waals surface area contributed by atoms with Gasteiger partial charge in [0.2, 0.25) is 5.70 Å². The van der Waals surface area contributed by atoms with Crippen LogP contribution < -0.4 is 15.0 Å². The molecule has 1 heterocycles. The molecule has 0 saturated carbocycles. The Morgan fingerprint density at radius 3 is 2.35 bits per heavy atom. The molecule has 0 unspecified atom stereocenters. The molecule has 0 atom stereocenters. The van der Waals surface area contributed by atoms with Crippen molar-refractivity contribution < 1.29 is 22.8 Å². The van der Waals surface area contributed by atoms with Crippen LogP contribution >= 0.6 is 12.2 Å². The van der Waals surface area contributed by atoms with Crippen LogP contribution in [0.5, 0.6) is 0 Å². The lowest BCUT2D eigenvalue weighted by atomic mass is 10.0. The molecule has 1 N–H and O–H groups in total. The molecule has 0 fully saturated rings. The summed E-state index contributed by atoms with van der Waals surface area (Å²) >= 11 is 5.48. The van der Waals surface area contributed by atoms with E-state index in [0.29, 0.717) is 5.56 Å². The van der Waals surface area contributed by atoms with E-state index in [-0.39, 0.29) is 22.1 Å². The highest BCUT2D eigenvalue weighted by atomic mass is 32.1. The van der Waals surface area contributed by atoms with E-state index in [1.54, 1.807) is 35.2 Å². The van der Waals surface area contributed by atoms with E-state index in [1.165, 1.54) is 12.1 Å². The van der Waals surface area contributed by atoms with Crippen molar-refractivity contribution in [3.05, 3.63) is 94.8 Å². The van der Waals surface area contributed by atoms with Crippen LogP contribution in [0.4, 0.5) is 18.9 Å². The molecule has 3 rings (SSSR count). The Morgan fingerprint density at radius 1 is 0.968 bits per heavy atom. The predicted molar refractivity (Wildman–Crippen MR) is 118 cm³/mol. The Hall–Kier alpha value is -3.19. The first-order valence-electron chi connectivity index (χ1n) is 9.52. The zero-order valence-electron chi connectivity index (χ0n) is 17.2. The summed E-state index contributed by atoms with van der Waals surface area (Å²) in [6.45, 7) is 5.73. The van der Waals surface area contributed by atoms with Gasteiger partial charge in [-0.05, 0) is 67.5 Å². The first kappa shape index (κ1) is 22.5. The number of alkyl halides is 3. The molecule has 0 aliphatic rings. The Morgan fingerprint density at radius 2 is 1.71 bits per heavy atom. The van der Waals surface area contributed by atoms with Crippen LogP contribution in [0.1, 0.15) is 27.8 Å². The van der Waals surface area contributed by atoms with Gasteiger partial charge in [0, 0.05) is 17.3 Å². The van der Waals surface area contributed by atoms with Gasteiger partial charge in [-0.25, -0.2) is 0 Å². The van der Waals surface area contributed by atoms with E-state index in [9.17, 15) is 18.3 Å². The fourth-order valence-corrected chi connectivity index (χ4v) is 3.37. The molecule has 2 aromatic carbocycles. The average molecular weight is 443 g/mol. The van der Waals surface area contributed by atoms with E-state index in [4.69, 9.17) is 12.2 Å². The van der Waals surface area contributed by atoms with E-state index < -0.39 is 11.7 Å². The number of rotatable bonds is 4. The Bertz CT molecular complexity index is 1170. The van der Waals surface area contributed by atoms with Gasteiger partial charge in [-0.1, -0.05) is 36.5 Å². The molecule has 3 nitrogen and oxygen atoms in total. The van der Waals surface area contributed by atoms with Gasteiger partial charge in [-0.2, -0.15) is 17.7 Å². The molecule has 0 aliphatic carbocycles. The van der Waals surface area contributed by atoms with Gasteiger partial charge in [-0.15, -0.1) is 0 Å². The molecule has 0 aliphatic heterocycles. The molecule has 0 spiro atoms. The van der Waals surface area contributed by atoms with Crippen LogP contribution in [0.3, 0.4) is 0 Å². The molecule has 0 radical (unpaired) electrons. The standard InChI is InChI=1S/C24H21F3N2OS/c1-15-6-5-11-29(14-15)21(22(30)18-10-9-16(2)17(3)12-18)23(31)28-20-8-4-7-19(13-20)24(25,26)27/h4-14H,1-3H3,(H-,28,30,31). The molecule has 3 aromatic rings. The van der Waals surface area contributed by atoms with Gasteiger partial charge >= 0.3 is 6.18 Å². The van der Waals surface area contributed by atoms with Crippen molar-refractivity contribution in [3.63, 3.8) is 0 Å². The lowest BCUT2D eigenvalue weighted by molar-refractivity contribution is -0.578. The number of aryl methyl sites for hydroxylation is 3. The van der Waals surface area contributed by atoms with Crippen LogP contribution in [0.15, 0.2) is 67.0 Å². The van der Waals surface area contributed by atoms with Gasteiger partial charge in [0.25, 0.3) is 0 Å². The van der Waals surface area contributed by atoms with Crippen molar-refractivity contribution >= 4 is 34.3 Å². The van der Waals surface area contributed by atoms with Gasteiger partial charge in [0.1, 0.15) is 0 Å². The van der Waals surface area contributed by atoms with Crippen LogP contribution in [-0.4, -0.2) is 4.99 Å². The lowest BCUT2D eigenvalue weighted by Crippen LogP contribution is -2.40. The zero-order valence-corrected chi connectivity index (χ0v) is 18.1. The van der Waals surface area contributed by atoms with E-state index in [2.05, 4.69) is 5.32 Å². The molecule has 0 saturated heterocycles. The number of hydrogen-bond acceptors (Lipinski definition) is 2. The van der Waals surface area contributed by atoms with Crippen molar-refractivity contribution in [1.29, 1.82) is 0 Å². The number of halogens is 3. The third-order valence-electron chi connectivity index (χ3n) is 4.85. The average Bonchev–Trinajstić information content (AvgIpc) is 2.70. The minimum absolute atomic E-state index is 0.0261. The van der Waals surface area contributed by atoms with Crippen LogP contribution in [0.25, 0.3) is 11.5 Å². The molecular weight excluding hydrogens is 421 g/mol. The predicted octanol–water partition coefficient (Wildman–Crippen LogP) is 5.04. The van der Waals surface area contributed by atoms with Crippen molar-refractivity contribution in [2.75, 3.05) is 5.32 Å². The highest BCUT2D eigenvalue weighted by Gasteiger charge is 2.30. The molecular formula is C24H21F3N2OS. The molecule has 7 heteroatoms. The molecule has 160 valence electrons. The normalized spacial score (nSPS) is 12.3. The minimum Gasteiger partial charge on any atom is -0.867 e. The lowest BCUT2D eigenvalue weighted by Gasteiger charge is -2.18. The van der Waals surface area contributed by atoms with E-state index in [0.717, 1.165) is 28.8 Å². The fraction of sp³-hybridized carbons (Fsp3) is 0.167. The summed E-state index contributed by atoms with van der Waals surface area (Å²) in [5.74, 6) is -0.330. The monoisotopic (exact) mass is 442 g/mol. The maximum Gasteiger partial charge on any atom is 0.416 e. The van der Waals surface area contributed by atoms with E-state index >= 15 is 0 Å². The van der Waals surface area contributed by atoms with Gasteiger partial charge < -0.3 is 10.4 Å². The summed E-state index contributed by atoms with van der Waals surface area (Å²) in [7, 11) is 0. The summed E-state index contributed by atoms with van der Waals surface area (Å²) in [5.41, 5.74) is 2.85. The van der Waals surface area contributed by atoms with Crippen molar-refractivity contribution in [3.8, 4) is 0 Å². The van der Waals surface area contributed by atoms with Gasteiger partial charge in [0.15, 0.2) is 17.4 Å². The minimum atomic E-state index is -4.48. The summed E-state index contributed by atoms with van der Waals surface area (Å²) in [5, 5.41) is 16.2.